The molecule has 0 aliphatic carbocycles. The Bertz CT molecular complexity index is 526. The van der Waals surface area contributed by atoms with Crippen LogP contribution in [0.15, 0.2) is 12.3 Å². The lowest BCUT2D eigenvalue weighted by Gasteiger charge is -2.26. The fourth-order valence-electron chi connectivity index (χ4n) is 3.13. The minimum absolute atomic E-state index is 0.120. The molecule has 0 aromatic carbocycles. The van der Waals surface area contributed by atoms with Crippen molar-refractivity contribution >= 4 is 5.95 Å². The van der Waals surface area contributed by atoms with Gasteiger partial charge in [0, 0.05) is 37.7 Å². The van der Waals surface area contributed by atoms with Gasteiger partial charge in [-0.1, -0.05) is 0 Å². The zero-order valence-corrected chi connectivity index (χ0v) is 11.6. The lowest BCUT2D eigenvalue weighted by atomic mass is 9.82. The SMILES string of the molecule is COC[C@@]12COC[C@@H]1CN(c1nccc(C(F)(F)F)n1)C2. The van der Waals surface area contributed by atoms with Gasteiger partial charge in [0.05, 0.1) is 19.8 Å². The van der Waals surface area contributed by atoms with Gasteiger partial charge in [-0.3, -0.25) is 0 Å². The van der Waals surface area contributed by atoms with Crippen molar-refractivity contribution in [2.75, 3.05) is 44.9 Å². The van der Waals surface area contributed by atoms with Gasteiger partial charge in [-0.2, -0.15) is 13.2 Å². The molecular formula is C13H16F3N3O2. The average molecular weight is 303 g/mol. The van der Waals surface area contributed by atoms with E-state index in [1.807, 2.05) is 0 Å². The van der Waals surface area contributed by atoms with Crippen LogP contribution in [0.1, 0.15) is 5.69 Å². The zero-order chi connectivity index (χ0) is 15.1. The second-order valence-electron chi connectivity index (χ2n) is 5.63. The molecule has 21 heavy (non-hydrogen) atoms. The molecule has 1 aromatic rings. The molecule has 8 heteroatoms. The maximum atomic E-state index is 12.7. The highest BCUT2D eigenvalue weighted by atomic mass is 19.4. The Morgan fingerprint density at radius 3 is 3.05 bits per heavy atom. The normalized spacial score (nSPS) is 29.0. The fraction of sp³-hybridized carbons (Fsp3) is 0.692. The number of rotatable bonds is 3. The molecule has 3 rings (SSSR count). The van der Waals surface area contributed by atoms with E-state index in [4.69, 9.17) is 9.47 Å². The third-order valence-corrected chi connectivity index (χ3v) is 4.17. The average Bonchev–Trinajstić information content (AvgIpc) is 2.95. The van der Waals surface area contributed by atoms with Crippen molar-refractivity contribution in [2.24, 2.45) is 11.3 Å². The van der Waals surface area contributed by atoms with Crippen LogP contribution in [0.5, 0.6) is 0 Å². The quantitative estimate of drug-likeness (QED) is 0.849. The van der Waals surface area contributed by atoms with E-state index in [0.29, 0.717) is 32.9 Å². The summed E-state index contributed by atoms with van der Waals surface area (Å²) in [5, 5.41) is 0. The number of ether oxygens (including phenoxy) is 2. The highest BCUT2D eigenvalue weighted by Gasteiger charge is 2.51. The summed E-state index contributed by atoms with van der Waals surface area (Å²) >= 11 is 0. The molecule has 116 valence electrons. The zero-order valence-electron chi connectivity index (χ0n) is 11.6. The molecule has 0 radical (unpaired) electrons. The third kappa shape index (κ3) is 2.57. The molecule has 5 nitrogen and oxygen atoms in total. The Kier molecular flexibility index (Phi) is 3.53. The van der Waals surface area contributed by atoms with Gasteiger partial charge in [-0.15, -0.1) is 0 Å². The highest BCUT2D eigenvalue weighted by molar-refractivity contribution is 5.35. The predicted octanol–water partition coefficient (Wildman–Crippen LogP) is 1.59. The first-order valence-corrected chi connectivity index (χ1v) is 6.66. The number of methoxy groups -OCH3 is 1. The van der Waals surface area contributed by atoms with Gasteiger partial charge < -0.3 is 14.4 Å². The van der Waals surface area contributed by atoms with E-state index in [9.17, 15) is 13.2 Å². The van der Waals surface area contributed by atoms with Crippen LogP contribution in [0, 0.1) is 11.3 Å². The minimum Gasteiger partial charge on any atom is -0.384 e. The molecule has 0 saturated carbocycles. The van der Waals surface area contributed by atoms with Crippen molar-refractivity contribution in [1.82, 2.24) is 9.97 Å². The first-order valence-electron chi connectivity index (χ1n) is 6.66. The molecular weight excluding hydrogens is 287 g/mol. The Morgan fingerprint density at radius 1 is 1.52 bits per heavy atom. The monoisotopic (exact) mass is 303 g/mol. The Morgan fingerprint density at radius 2 is 2.33 bits per heavy atom. The smallest absolute Gasteiger partial charge is 0.384 e. The van der Waals surface area contributed by atoms with Gasteiger partial charge in [0.1, 0.15) is 5.69 Å². The van der Waals surface area contributed by atoms with Crippen LogP contribution in [0.4, 0.5) is 19.1 Å². The minimum atomic E-state index is -4.46. The fourth-order valence-corrected chi connectivity index (χ4v) is 3.13. The molecule has 2 aliphatic rings. The summed E-state index contributed by atoms with van der Waals surface area (Å²) in [7, 11) is 1.62. The number of fused-ring (bicyclic) bond motifs is 1. The van der Waals surface area contributed by atoms with Crippen LogP contribution in [0.2, 0.25) is 0 Å². The van der Waals surface area contributed by atoms with Crippen LogP contribution < -0.4 is 4.90 Å². The number of halogens is 3. The molecule has 2 atom stereocenters. The van der Waals surface area contributed by atoms with Crippen molar-refractivity contribution in [3.05, 3.63) is 18.0 Å². The van der Waals surface area contributed by atoms with Crippen molar-refractivity contribution in [2.45, 2.75) is 6.18 Å². The van der Waals surface area contributed by atoms with Crippen molar-refractivity contribution in [1.29, 1.82) is 0 Å². The van der Waals surface area contributed by atoms with Crippen LogP contribution in [-0.4, -0.2) is 50.0 Å². The van der Waals surface area contributed by atoms with Crippen LogP contribution in [0.25, 0.3) is 0 Å². The van der Waals surface area contributed by atoms with Crippen LogP contribution in [-0.2, 0) is 15.7 Å². The second kappa shape index (κ2) is 5.10. The third-order valence-electron chi connectivity index (χ3n) is 4.17. The Balaban J connectivity index is 1.83. The van der Waals surface area contributed by atoms with E-state index in [0.717, 1.165) is 12.3 Å². The summed E-state index contributed by atoms with van der Waals surface area (Å²) in [5.41, 5.74) is -1.09. The highest BCUT2D eigenvalue weighted by Crippen LogP contribution is 2.42. The van der Waals surface area contributed by atoms with Gasteiger partial charge >= 0.3 is 6.18 Å². The summed E-state index contributed by atoms with van der Waals surface area (Å²) in [6.45, 7) is 2.81. The maximum absolute atomic E-state index is 12.7. The number of hydrogen-bond donors (Lipinski definition) is 0. The molecule has 2 aliphatic heterocycles. The number of hydrogen-bond acceptors (Lipinski definition) is 5. The van der Waals surface area contributed by atoms with Crippen molar-refractivity contribution in [3.8, 4) is 0 Å². The first kappa shape index (κ1) is 14.5. The first-order chi connectivity index (χ1) is 9.94. The van der Waals surface area contributed by atoms with Crippen LogP contribution >= 0.6 is 0 Å². The van der Waals surface area contributed by atoms with Crippen molar-refractivity contribution < 1.29 is 22.6 Å². The van der Waals surface area contributed by atoms with E-state index in [-0.39, 0.29) is 17.3 Å². The van der Waals surface area contributed by atoms with Gasteiger partial charge in [-0.05, 0) is 6.07 Å². The van der Waals surface area contributed by atoms with E-state index >= 15 is 0 Å². The summed E-state index contributed by atoms with van der Waals surface area (Å²) in [6.07, 6.45) is -3.31. The lowest BCUT2D eigenvalue weighted by Crippen LogP contribution is -2.35. The summed E-state index contributed by atoms with van der Waals surface area (Å²) < 4.78 is 49.0. The topological polar surface area (TPSA) is 47.5 Å². The largest absolute Gasteiger partial charge is 0.433 e. The second-order valence-corrected chi connectivity index (χ2v) is 5.63. The molecule has 0 unspecified atom stereocenters. The van der Waals surface area contributed by atoms with Crippen molar-refractivity contribution in [3.63, 3.8) is 0 Å². The van der Waals surface area contributed by atoms with Gasteiger partial charge in [0.25, 0.3) is 0 Å². The summed E-state index contributed by atoms with van der Waals surface area (Å²) in [5.74, 6) is 0.352. The number of nitrogens with zero attached hydrogens (tertiary/aromatic N) is 3. The van der Waals surface area contributed by atoms with E-state index < -0.39 is 11.9 Å². The van der Waals surface area contributed by atoms with Gasteiger partial charge in [0.2, 0.25) is 5.95 Å². The molecule has 0 bridgehead atoms. The van der Waals surface area contributed by atoms with Gasteiger partial charge in [0.15, 0.2) is 0 Å². The summed E-state index contributed by atoms with van der Waals surface area (Å²) in [4.78, 5) is 9.43. The van der Waals surface area contributed by atoms with E-state index in [1.165, 1.54) is 0 Å². The molecule has 2 saturated heterocycles. The maximum Gasteiger partial charge on any atom is 0.433 e. The predicted molar refractivity (Wildman–Crippen MR) is 67.9 cm³/mol. The molecule has 0 spiro atoms. The van der Waals surface area contributed by atoms with Gasteiger partial charge in [-0.25, -0.2) is 9.97 Å². The molecule has 3 heterocycles. The number of anilines is 1. The number of alkyl halides is 3. The lowest BCUT2D eigenvalue weighted by molar-refractivity contribution is -0.141. The Hall–Kier alpha value is -1.41. The molecule has 2 fully saturated rings. The molecule has 0 amide bonds. The number of aromatic nitrogens is 2. The standard InChI is InChI=1S/C13H16F3N3O2/c1-20-7-12-6-19(4-9(12)5-21-8-12)11-17-3-2-10(18-11)13(14,15)16/h2-3,9H,4-8H2,1H3/t9-,12-/m0/s1. The molecule has 1 aromatic heterocycles. The van der Waals surface area contributed by atoms with Crippen LogP contribution in [0.3, 0.4) is 0 Å². The molecule has 0 N–H and O–H groups in total. The summed E-state index contributed by atoms with van der Waals surface area (Å²) in [6, 6.07) is 0.883. The van der Waals surface area contributed by atoms with E-state index in [1.54, 1.807) is 12.0 Å². The van der Waals surface area contributed by atoms with E-state index in [2.05, 4.69) is 9.97 Å². The Labute approximate surface area is 120 Å².